The van der Waals surface area contributed by atoms with E-state index >= 15 is 0 Å². The molecular weight excluding hydrogens is 207 g/mol. The molecule has 0 bridgehead atoms. The largest absolute Gasteiger partial charge is 0.481 e. The van der Waals surface area contributed by atoms with Gasteiger partial charge in [0, 0.05) is 6.42 Å². The van der Waals surface area contributed by atoms with Gasteiger partial charge in [-0.2, -0.15) is 0 Å². The lowest BCUT2D eigenvalue weighted by Crippen LogP contribution is -1.99. The normalized spacial score (nSPS) is 10.4. The van der Waals surface area contributed by atoms with E-state index in [2.05, 4.69) is 0 Å². The van der Waals surface area contributed by atoms with Gasteiger partial charge in [-0.05, 0) is 48.9 Å². The van der Waals surface area contributed by atoms with Crippen LogP contribution < -0.4 is 0 Å². The van der Waals surface area contributed by atoms with Gasteiger partial charge in [-0.25, -0.2) is 4.39 Å². The average molecular weight is 224 g/mol. The number of hydrogen-bond donors (Lipinski definition) is 1. The Morgan fingerprint density at radius 2 is 2.06 bits per heavy atom. The Morgan fingerprint density at radius 3 is 2.62 bits per heavy atom. The number of halogens is 1. The van der Waals surface area contributed by atoms with Crippen LogP contribution in [0.3, 0.4) is 0 Å². The Bertz CT molecular complexity index is 386. The Labute approximate surface area is 95.1 Å². The minimum atomic E-state index is -0.782. The third-order valence-corrected chi connectivity index (χ3v) is 2.72. The van der Waals surface area contributed by atoms with E-state index in [1.165, 1.54) is 6.07 Å². The van der Waals surface area contributed by atoms with Crippen LogP contribution in [0.2, 0.25) is 0 Å². The van der Waals surface area contributed by atoms with Crippen LogP contribution in [-0.2, 0) is 17.6 Å². The predicted molar refractivity (Wildman–Crippen MR) is 61.1 cm³/mol. The summed E-state index contributed by atoms with van der Waals surface area (Å²) in [6, 6.07) is 3.39. The predicted octanol–water partition coefficient (Wildman–Crippen LogP) is 3.10. The van der Waals surface area contributed by atoms with Crippen molar-refractivity contribution in [3.8, 4) is 0 Å². The van der Waals surface area contributed by atoms with Gasteiger partial charge in [0.05, 0.1) is 0 Å². The molecule has 1 aromatic carbocycles. The van der Waals surface area contributed by atoms with Crippen LogP contribution in [-0.4, -0.2) is 11.1 Å². The minimum absolute atomic E-state index is 0.165. The van der Waals surface area contributed by atoms with E-state index in [0.717, 1.165) is 11.1 Å². The third-order valence-electron chi connectivity index (χ3n) is 2.72. The van der Waals surface area contributed by atoms with Crippen LogP contribution >= 0.6 is 0 Å². The number of carboxylic acids is 1. The molecule has 0 heterocycles. The van der Waals surface area contributed by atoms with Gasteiger partial charge in [-0.3, -0.25) is 4.79 Å². The highest BCUT2D eigenvalue weighted by Gasteiger charge is 2.06. The van der Waals surface area contributed by atoms with Crippen molar-refractivity contribution in [3.63, 3.8) is 0 Å². The first-order valence-corrected chi connectivity index (χ1v) is 5.54. The van der Waals surface area contributed by atoms with E-state index in [-0.39, 0.29) is 12.2 Å². The zero-order chi connectivity index (χ0) is 12.1. The van der Waals surface area contributed by atoms with Crippen molar-refractivity contribution in [1.82, 2.24) is 0 Å². The molecule has 88 valence electrons. The SMILES string of the molecule is CCc1cc(CCCC(=O)O)c(C)cc1F. The molecule has 1 N–H and O–H groups in total. The molecule has 0 atom stereocenters. The Kier molecular flexibility index (Phi) is 4.47. The number of aliphatic carboxylic acids is 1. The molecular formula is C13H17FO2. The van der Waals surface area contributed by atoms with E-state index in [4.69, 9.17) is 5.11 Å². The quantitative estimate of drug-likeness (QED) is 0.834. The number of rotatable bonds is 5. The van der Waals surface area contributed by atoms with Gasteiger partial charge in [0.15, 0.2) is 0 Å². The smallest absolute Gasteiger partial charge is 0.303 e. The van der Waals surface area contributed by atoms with Gasteiger partial charge < -0.3 is 5.11 Å². The third kappa shape index (κ3) is 3.33. The average Bonchev–Trinajstić information content (AvgIpc) is 2.20. The van der Waals surface area contributed by atoms with E-state index < -0.39 is 5.97 Å². The first kappa shape index (κ1) is 12.7. The van der Waals surface area contributed by atoms with E-state index in [0.29, 0.717) is 24.8 Å². The van der Waals surface area contributed by atoms with Crippen molar-refractivity contribution in [2.75, 3.05) is 0 Å². The summed E-state index contributed by atoms with van der Waals surface area (Å²) in [7, 11) is 0. The van der Waals surface area contributed by atoms with Gasteiger partial charge in [0.25, 0.3) is 0 Å². The van der Waals surface area contributed by atoms with Gasteiger partial charge in [-0.15, -0.1) is 0 Å². The molecule has 1 aromatic rings. The highest BCUT2D eigenvalue weighted by molar-refractivity contribution is 5.66. The second kappa shape index (κ2) is 5.64. The van der Waals surface area contributed by atoms with Crippen molar-refractivity contribution in [2.24, 2.45) is 0 Å². The molecule has 0 saturated heterocycles. The van der Waals surface area contributed by atoms with E-state index in [9.17, 15) is 9.18 Å². The lowest BCUT2D eigenvalue weighted by Gasteiger charge is -2.08. The molecule has 3 heteroatoms. The molecule has 0 radical (unpaired) electrons. The molecule has 0 spiro atoms. The van der Waals surface area contributed by atoms with Gasteiger partial charge in [0.2, 0.25) is 0 Å². The number of benzene rings is 1. The molecule has 1 rings (SSSR count). The van der Waals surface area contributed by atoms with E-state index in [1.807, 2.05) is 19.9 Å². The highest BCUT2D eigenvalue weighted by Crippen LogP contribution is 2.18. The summed E-state index contributed by atoms with van der Waals surface area (Å²) in [5, 5.41) is 8.55. The molecule has 0 amide bonds. The fourth-order valence-electron chi connectivity index (χ4n) is 1.74. The summed E-state index contributed by atoms with van der Waals surface area (Å²) in [4.78, 5) is 10.4. The number of aryl methyl sites for hydroxylation is 3. The lowest BCUT2D eigenvalue weighted by molar-refractivity contribution is -0.137. The number of hydrogen-bond acceptors (Lipinski definition) is 1. The van der Waals surface area contributed by atoms with Crippen LogP contribution in [0.1, 0.15) is 36.5 Å². The topological polar surface area (TPSA) is 37.3 Å². The van der Waals surface area contributed by atoms with Crippen LogP contribution in [0.4, 0.5) is 4.39 Å². The summed E-state index contributed by atoms with van der Waals surface area (Å²) < 4.78 is 13.4. The number of carboxylic acid groups (broad SMARTS) is 1. The molecule has 16 heavy (non-hydrogen) atoms. The Balaban J connectivity index is 2.75. The van der Waals surface area contributed by atoms with Crippen LogP contribution in [0.15, 0.2) is 12.1 Å². The summed E-state index contributed by atoms with van der Waals surface area (Å²) in [6.45, 7) is 3.77. The van der Waals surface area contributed by atoms with Crippen LogP contribution in [0.25, 0.3) is 0 Å². The van der Waals surface area contributed by atoms with Crippen LogP contribution in [0, 0.1) is 12.7 Å². The standard InChI is InChI=1S/C13H17FO2/c1-3-10-8-11(5-4-6-13(15)16)9(2)7-12(10)14/h7-8H,3-6H2,1-2H3,(H,15,16). The second-order valence-corrected chi connectivity index (χ2v) is 3.97. The Morgan fingerprint density at radius 1 is 1.38 bits per heavy atom. The monoisotopic (exact) mass is 224 g/mol. The zero-order valence-corrected chi connectivity index (χ0v) is 9.72. The van der Waals surface area contributed by atoms with Crippen molar-refractivity contribution < 1.29 is 14.3 Å². The second-order valence-electron chi connectivity index (χ2n) is 3.97. The van der Waals surface area contributed by atoms with Crippen molar-refractivity contribution in [1.29, 1.82) is 0 Å². The summed E-state index contributed by atoms with van der Waals surface area (Å²) in [6.07, 6.45) is 2.13. The first-order chi connectivity index (χ1) is 7.54. The molecule has 0 unspecified atom stereocenters. The van der Waals surface area contributed by atoms with E-state index in [1.54, 1.807) is 0 Å². The number of carbonyl (C=O) groups is 1. The van der Waals surface area contributed by atoms with Gasteiger partial charge in [0.1, 0.15) is 5.82 Å². The molecule has 0 aromatic heterocycles. The molecule has 0 saturated carbocycles. The van der Waals surface area contributed by atoms with Gasteiger partial charge >= 0.3 is 5.97 Å². The molecule has 0 aliphatic heterocycles. The lowest BCUT2D eigenvalue weighted by atomic mass is 9.98. The molecule has 2 nitrogen and oxygen atoms in total. The maximum atomic E-state index is 13.4. The fraction of sp³-hybridized carbons (Fsp3) is 0.462. The maximum Gasteiger partial charge on any atom is 0.303 e. The first-order valence-electron chi connectivity index (χ1n) is 5.54. The van der Waals surface area contributed by atoms with Crippen LogP contribution in [0.5, 0.6) is 0 Å². The molecule has 0 aliphatic rings. The molecule has 0 aliphatic carbocycles. The summed E-state index contributed by atoms with van der Waals surface area (Å²) >= 11 is 0. The minimum Gasteiger partial charge on any atom is -0.481 e. The summed E-state index contributed by atoms with van der Waals surface area (Å²) in [5.74, 6) is -0.947. The Hall–Kier alpha value is -1.38. The van der Waals surface area contributed by atoms with Crippen molar-refractivity contribution in [2.45, 2.75) is 39.5 Å². The fourth-order valence-corrected chi connectivity index (χ4v) is 1.74. The zero-order valence-electron chi connectivity index (χ0n) is 9.72. The maximum absolute atomic E-state index is 13.4. The van der Waals surface area contributed by atoms with Crippen molar-refractivity contribution in [3.05, 3.63) is 34.6 Å². The van der Waals surface area contributed by atoms with Crippen molar-refractivity contribution >= 4 is 5.97 Å². The van der Waals surface area contributed by atoms with Gasteiger partial charge in [-0.1, -0.05) is 13.0 Å². The highest BCUT2D eigenvalue weighted by atomic mass is 19.1. The molecule has 0 fully saturated rings. The summed E-state index contributed by atoms with van der Waals surface area (Å²) in [5.41, 5.74) is 2.66.